The predicted octanol–water partition coefficient (Wildman–Crippen LogP) is 0.806. The minimum atomic E-state index is 0.00935. The second-order valence-corrected chi connectivity index (χ2v) is 3.74. The number of hydrogen-bond donors (Lipinski definition) is 0. The van der Waals surface area contributed by atoms with Crippen LogP contribution in [0, 0.1) is 11.3 Å². The topological polar surface area (TPSA) is 29.5 Å². The highest BCUT2D eigenvalue weighted by Gasteiger charge is 2.62. The van der Waals surface area contributed by atoms with Crippen LogP contribution in [0.15, 0.2) is 0 Å². The SMILES string of the molecule is CON(C)C(=O)C12CC(C1)C2. The number of rotatable bonds is 2. The monoisotopic (exact) mass is 155 g/mol. The van der Waals surface area contributed by atoms with Crippen molar-refractivity contribution < 1.29 is 9.63 Å². The van der Waals surface area contributed by atoms with E-state index in [-0.39, 0.29) is 11.3 Å². The van der Waals surface area contributed by atoms with Crippen LogP contribution in [0.5, 0.6) is 0 Å². The van der Waals surface area contributed by atoms with E-state index >= 15 is 0 Å². The summed E-state index contributed by atoms with van der Waals surface area (Å²) in [6.45, 7) is 0. The van der Waals surface area contributed by atoms with Crippen LogP contribution in [0.4, 0.5) is 0 Å². The second-order valence-electron chi connectivity index (χ2n) is 3.74. The molecule has 3 saturated carbocycles. The second kappa shape index (κ2) is 1.97. The molecule has 0 unspecified atom stereocenters. The summed E-state index contributed by atoms with van der Waals surface area (Å²) in [5.74, 6) is 1.02. The maximum atomic E-state index is 11.5. The Balaban J connectivity index is 1.99. The largest absolute Gasteiger partial charge is 0.275 e. The Hall–Kier alpha value is -0.570. The van der Waals surface area contributed by atoms with Crippen LogP contribution < -0.4 is 0 Å². The number of nitrogens with zero attached hydrogens (tertiary/aromatic N) is 1. The van der Waals surface area contributed by atoms with Gasteiger partial charge in [-0.25, -0.2) is 5.06 Å². The summed E-state index contributed by atoms with van der Waals surface area (Å²) in [6, 6.07) is 0. The van der Waals surface area contributed by atoms with Crippen molar-refractivity contribution >= 4 is 5.91 Å². The molecule has 0 aromatic carbocycles. The molecule has 0 saturated heterocycles. The maximum absolute atomic E-state index is 11.5. The van der Waals surface area contributed by atoms with Gasteiger partial charge in [0.1, 0.15) is 0 Å². The Morgan fingerprint density at radius 2 is 2.09 bits per heavy atom. The fraction of sp³-hybridized carbons (Fsp3) is 0.875. The summed E-state index contributed by atoms with van der Waals surface area (Å²) in [5, 5.41) is 1.36. The first-order valence-corrected chi connectivity index (χ1v) is 4.00. The molecule has 3 rings (SSSR count). The van der Waals surface area contributed by atoms with E-state index in [9.17, 15) is 4.79 Å². The maximum Gasteiger partial charge on any atom is 0.252 e. The summed E-state index contributed by atoms with van der Waals surface area (Å²) < 4.78 is 0. The predicted molar refractivity (Wildman–Crippen MR) is 39.6 cm³/mol. The molecular weight excluding hydrogens is 142 g/mol. The van der Waals surface area contributed by atoms with Crippen molar-refractivity contribution in [1.29, 1.82) is 0 Å². The number of carbonyl (C=O) groups excluding carboxylic acids is 1. The van der Waals surface area contributed by atoms with Gasteiger partial charge in [0.25, 0.3) is 5.91 Å². The number of hydroxylamine groups is 2. The van der Waals surface area contributed by atoms with Crippen LogP contribution in [0.2, 0.25) is 0 Å². The van der Waals surface area contributed by atoms with Crippen LogP contribution in [-0.4, -0.2) is 25.1 Å². The van der Waals surface area contributed by atoms with Crippen molar-refractivity contribution in [2.75, 3.05) is 14.2 Å². The van der Waals surface area contributed by atoms with Crippen molar-refractivity contribution in [3.05, 3.63) is 0 Å². The molecule has 3 aliphatic rings. The third-order valence-corrected chi connectivity index (χ3v) is 3.05. The molecule has 11 heavy (non-hydrogen) atoms. The molecule has 0 radical (unpaired) electrons. The zero-order valence-electron chi connectivity index (χ0n) is 6.96. The van der Waals surface area contributed by atoms with Crippen molar-refractivity contribution in [1.82, 2.24) is 5.06 Å². The molecule has 0 aromatic rings. The van der Waals surface area contributed by atoms with Gasteiger partial charge in [-0.1, -0.05) is 0 Å². The van der Waals surface area contributed by atoms with E-state index in [1.54, 1.807) is 7.05 Å². The van der Waals surface area contributed by atoms with Crippen molar-refractivity contribution in [3.8, 4) is 0 Å². The van der Waals surface area contributed by atoms with Crippen molar-refractivity contribution in [2.24, 2.45) is 11.3 Å². The van der Waals surface area contributed by atoms with Crippen LogP contribution >= 0.6 is 0 Å². The molecule has 1 amide bonds. The van der Waals surface area contributed by atoms with E-state index in [0.29, 0.717) is 0 Å². The third kappa shape index (κ3) is 0.745. The van der Waals surface area contributed by atoms with Gasteiger partial charge in [0.15, 0.2) is 0 Å². The van der Waals surface area contributed by atoms with Crippen molar-refractivity contribution in [3.63, 3.8) is 0 Å². The quantitative estimate of drug-likeness (QED) is 0.552. The van der Waals surface area contributed by atoms with Gasteiger partial charge in [0, 0.05) is 7.05 Å². The van der Waals surface area contributed by atoms with Gasteiger partial charge in [-0.05, 0) is 25.2 Å². The molecule has 0 atom stereocenters. The molecule has 3 fully saturated rings. The Morgan fingerprint density at radius 3 is 2.36 bits per heavy atom. The smallest absolute Gasteiger partial charge is 0.252 e. The Labute approximate surface area is 66.3 Å². The Morgan fingerprint density at radius 1 is 1.55 bits per heavy atom. The van der Waals surface area contributed by atoms with E-state index in [2.05, 4.69) is 0 Å². The average molecular weight is 155 g/mol. The highest BCUT2D eigenvalue weighted by molar-refractivity contribution is 5.84. The fourth-order valence-corrected chi connectivity index (χ4v) is 2.16. The highest BCUT2D eigenvalue weighted by Crippen LogP contribution is 2.64. The number of hydrogen-bond acceptors (Lipinski definition) is 2. The molecule has 0 heterocycles. The van der Waals surface area contributed by atoms with Gasteiger partial charge in [0.2, 0.25) is 0 Å². The Bertz CT molecular complexity index is 185. The van der Waals surface area contributed by atoms with Crippen molar-refractivity contribution in [2.45, 2.75) is 19.3 Å². The Kier molecular flexibility index (Phi) is 1.27. The summed E-state index contributed by atoms with van der Waals surface area (Å²) in [5.41, 5.74) is 0.00935. The average Bonchev–Trinajstić information content (AvgIpc) is 1.79. The number of carbonyl (C=O) groups is 1. The zero-order valence-corrected chi connectivity index (χ0v) is 6.96. The van der Waals surface area contributed by atoms with Crippen LogP contribution in [0.25, 0.3) is 0 Å². The minimum Gasteiger partial charge on any atom is -0.275 e. The summed E-state index contributed by atoms with van der Waals surface area (Å²) in [6.07, 6.45) is 3.29. The van der Waals surface area contributed by atoms with Gasteiger partial charge in [-0.15, -0.1) is 0 Å². The van der Waals surface area contributed by atoms with Crippen LogP contribution in [0.1, 0.15) is 19.3 Å². The standard InChI is InChI=1S/C8H13NO2/c1-9(11-2)7(10)8-3-6(4-8)5-8/h6H,3-5H2,1-2H3. The molecule has 0 N–H and O–H groups in total. The van der Waals surface area contributed by atoms with Gasteiger partial charge >= 0.3 is 0 Å². The molecule has 0 aliphatic heterocycles. The van der Waals surface area contributed by atoms with Gasteiger partial charge in [-0.3, -0.25) is 9.63 Å². The molecular formula is C8H13NO2. The molecule has 3 heteroatoms. The van der Waals surface area contributed by atoms with E-state index < -0.39 is 0 Å². The van der Waals surface area contributed by atoms with Gasteiger partial charge in [-0.2, -0.15) is 0 Å². The number of amides is 1. The molecule has 0 spiro atoms. The van der Waals surface area contributed by atoms with E-state index in [1.807, 2.05) is 0 Å². The molecule has 0 aromatic heterocycles. The molecule has 3 aliphatic carbocycles. The lowest BCUT2D eigenvalue weighted by Gasteiger charge is -2.60. The van der Waals surface area contributed by atoms with Gasteiger partial charge < -0.3 is 0 Å². The highest BCUT2D eigenvalue weighted by atomic mass is 16.7. The normalized spacial score (nSPS) is 38.9. The third-order valence-electron chi connectivity index (χ3n) is 3.05. The summed E-state index contributed by atoms with van der Waals surface area (Å²) in [4.78, 5) is 16.4. The molecule has 2 bridgehead atoms. The molecule has 3 nitrogen and oxygen atoms in total. The van der Waals surface area contributed by atoms with Gasteiger partial charge in [0.05, 0.1) is 12.5 Å². The molecule has 62 valence electrons. The minimum absolute atomic E-state index is 0.00935. The first kappa shape index (κ1) is 7.10. The summed E-state index contributed by atoms with van der Waals surface area (Å²) >= 11 is 0. The lowest BCUT2D eigenvalue weighted by Crippen LogP contribution is -2.60. The van der Waals surface area contributed by atoms with E-state index in [4.69, 9.17) is 4.84 Å². The lowest BCUT2D eigenvalue weighted by molar-refractivity contribution is -0.210. The fourth-order valence-electron chi connectivity index (χ4n) is 2.16. The van der Waals surface area contributed by atoms with E-state index in [0.717, 1.165) is 25.2 Å². The van der Waals surface area contributed by atoms with Crippen LogP contribution in [-0.2, 0) is 9.63 Å². The first-order valence-electron chi connectivity index (χ1n) is 4.00. The summed E-state index contributed by atoms with van der Waals surface area (Å²) in [7, 11) is 3.21. The zero-order chi connectivity index (χ0) is 8.06. The van der Waals surface area contributed by atoms with Crippen LogP contribution in [0.3, 0.4) is 0 Å². The first-order chi connectivity index (χ1) is 5.18. The van der Waals surface area contributed by atoms with E-state index in [1.165, 1.54) is 12.2 Å². The lowest BCUT2D eigenvalue weighted by atomic mass is 9.44.